The van der Waals surface area contributed by atoms with Crippen LogP contribution in [0.1, 0.15) is 36.1 Å². The third-order valence-corrected chi connectivity index (χ3v) is 4.89. The lowest BCUT2D eigenvalue weighted by Crippen LogP contribution is -2.03. The predicted octanol–water partition coefficient (Wildman–Crippen LogP) is 4.24. The number of hydrogen-bond acceptors (Lipinski definition) is 3. The highest BCUT2D eigenvalue weighted by Gasteiger charge is 2.29. The van der Waals surface area contributed by atoms with E-state index in [4.69, 9.17) is 11.6 Å². The van der Waals surface area contributed by atoms with Crippen LogP contribution in [0.15, 0.2) is 28.7 Å². The summed E-state index contributed by atoms with van der Waals surface area (Å²) in [7, 11) is 0. The fourth-order valence-corrected chi connectivity index (χ4v) is 3.12. The minimum atomic E-state index is 0.484. The molecular formula is C15H12BrClN4. The zero-order valence-corrected chi connectivity index (χ0v) is 13.4. The van der Waals surface area contributed by atoms with Gasteiger partial charge in [-0.05, 0) is 40.9 Å². The van der Waals surface area contributed by atoms with Gasteiger partial charge in [-0.3, -0.25) is 0 Å². The Bertz CT molecular complexity index is 793. The van der Waals surface area contributed by atoms with Crippen molar-refractivity contribution in [1.82, 2.24) is 19.9 Å². The first-order valence-corrected chi connectivity index (χ1v) is 8.03. The Morgan fingerprint density at radius 2 is 2.00 bits per heavy atom. The molecule has 0 radical (unpaired) electrons. The lowest BCUT2D eigenvalue weighted by molar-refractivity contribution is 0.865. The zero-order valence-electron chi connectivity index (χ0n) is 11.1. The average Bonchev–Trinajstić information content (AvgIpc) is 3.22. The van der Waals surface area contributed by atoms with E-state index in [9.17, 15) is 0 Å². The van der Waals surface area contributed by atoms with Crippen LogP contribution in [0.5, 0.6) is 0 Å². The van der Waals surface area contributed by atoms with Gasteiger partial charge in [-0.2, -0.15) is 0 Å². The molecule has 1 aliphatic rings. The van der Waals surface area contributed by atoms with Crippen LogP contribution in [0.2, 0.25) is 5.15 Å². The number of halogens is 2. The van der Waals surface area contributed by atoms with Crippen LogP contribution in [0.4, 0.5) is 0 Å². The number of aromatic amines is 1. The third kappa shape index (κ3) is 2.56. The SMILES string of the molecule is Clc1nc(Cc2nc3ccccc3[nH]2)nc(C2CC2)c1Br. The standard InChI is InChI=1S/C15H12BrClN4/c16-13-14(8-5-6-8)20-12(21-15(13)17)7-11-18-9-3-1-2-4-10(9)19-11/h1-4,8H,5-7H2,(H,18,19). The van der Waals surface area contributed by atoms with Gasteiger partial charge in [-0.25, -0.2) is 15.0 Å². The molecule has 4 nitrogen and oxygen atoms in total. The first-order chi connectivity index (χ1) is 10.2. The van der Waals surface area contributed by atoms with Gasteiger partial charge in [0.2, 0.25) is 0 Å². The van der Waals surface area contributed by atoms with Gasteiger partial charge >= 0.3 is 0 Å². The first kappa shape index (κ1) is 13.2. The van der Waals surface area contributed by atoms with Crippen molar-refractivity contribution >= 4 is 38.6 Å². The van der Waals surface area contributed by atoms with Gasteiger partial charge in [0.05, 0.1) is 27.6 Å². The second-order valence-corrected chi connectivity index (χ2v) is 6.43. The molecule has 1 aromatic carbocycles. The van der Waals surface area contributed by atoms with E-state index in [0.29, 0.717) is 23.3 Å². The van der Waals surface area contributed by atoms with Crippen molar-refractivity contribution in [3.8, 4) is 0 Å². The summed E-state index contributed by atoms with van der Waals surface area (Å²) in [4.78, 5) is 16.9. The van der Waals surface area contributed by atoms with Crippen molar-refractivity contribution in [2.75, 3.05) is 0 Å². The summed E-state index contributed by atoms with van der Waals surface area (Å²) in [5.74, 6) is 2.09. The summed E-state index contributed by atoms with van der Waals surface area (Å²) in [5, 5.41) is 0.484. The number of nitrogens with zero attached hydrogens (tertiary/aromatic N) is 3. The van der Waals surface area contributed by atoms with Crippen molar-refractivity contribution in [3.63, 3.8) is 0 Å². The second-order valence-electron chi connectivity index (χ2n) is 5.28. The van der Waals surface area contributed by atoms with Crippen molar-refractivity contribution in [2.24, 2.45) is 0 Å². The highest BCUT2D eigenvalue weighted by atomic mass is 79.9. The molecule has 0 spiro atoms. The maximum Gasteiger partial charge on any atom is 0.147 e. The van der Waals surface area contributed by atoms with Gasteiger partial charge in [-0.1, -0.05) is 23.7 Å². The Kier molecular flexibility index (Phi) is 3.19. The molecule has 1 saturated carbocycles. The van der Waals surface area contributed by atoms with E-state index in [0.717, 1.165) is 27.0 Å². The van der Waals surface area contributed by atoms with Gasteiger partial charge in [0.25, 0.3) is 0 Å². The van der Waals surface area contributed by atoms with Crippen LogP contribution in [-0.4, -0.2) is 19.9 Å². The number of H-pyrrole nitrogens is 1. The monoisotopic (exact) mass is 362 g/mol. The third-order valence-electron chi connectivity index (χ3n) is 3.61. The van der Waals surface area contributed by atoms with E-state index in [1.165, 1.54) is 12.8 Å². The van der Waals surface area contributed by atoms with E-state index in [2.05, 4.69) is 35.9 Å². The molecule has 1 fully saturated rings. The molecule has 2 aromatic heterocycles. The summed E-state index contributed by atoms with van der Waals surface area (Å²) in [6.07, 6.45) is 2.91. The molecule has 0 saturated heterocycles. The van der Waals surface area contributed by atoms with Crippen molar-refractivity contribution < 1.29 is 0 Å². The Hall–Kier alpha value is -1.46. The van der Waals surface area contributed by atoms with Crippen LogP contribution in [0.3, 0.4) is 0 Å². The number of rotatable bonds is 3. The topological polar surface area (TPSA) is 54.5 Å². The fraction of sp³-hybridized carbons (Fsp3) is 0.267. The largest absolute Gasteiger partial charge is 0.342 e. The fourth-order valence-electron chi connectivity index (χ4n) is 2.43. The lowest BCUT2D eigenvalue weighted by Gasteiger charge is -2.06. The van der Waals surface area contributed by atoms with E-state index >= 15 is 0 Å². The maximum atomic E-state index is 6.21. The molecule has 0 amide bonds. The molecule has 6 heteroatoms. The Morgan fingerprint density at radius 3 is 2.76 bits per heavy atom. The number of nitrogens with one attached hydrogen (secondary N) is 1. The highest BCUT2D eigenvalue weighted by Crippen LogP contribution is 2.43. The smallest absolute Gasteiger partial charge is 0.147 e. The zero-order chi connectivity index (χ0) is 14.4. The Morgan fingerprint density at radius 1 is 1.19 bits per heavy atom. The number of hydrogen-bond donors (Lipinski definition) is 1. The summed E-state index contributed by atoms with van der Waals surface area (Å²) in [6.45, 7) is 0. The first-order valence-electron chi connectivity index (χ1n) is 6.86. The van der Waals surface area contributed by atoms with Crippen LogP contribution in [-0.2, 0) is 6.42 Å². The Balaban J connectivity index is 1.70. The molecule has 2 heterocycles. The van der Waals surface area contributed by atoms with Gasteiger partial charge < -0.3 is 4.98 Å². The lowest BCUT2D eigenvalue weighted by atomic mass is 10.2. The van der Waals surface area contributed by atoms with Crippen LogP contribution < -0.4 is 0 Å². The Labute approximate surface area is 135 Å². The van der Waals surface area contributed by atoms with E-state index in [-0.39, 0.29) is 0 Å². The molecule has 106 valence electrons. The molecule has 0 unspecified atom stereocenters. The van der Waals surface area contributed by atoms with Crippen LogP contribution in [0, 0.1) is 0 Å². The van der Waals surface area contributed by atoms with Gasteiger partial charge in [0.1, 0.15) is 16.8 Å². The van der Waals surface area contributed by atoms with Gasteiger partial charge in [0, 0.05) is 5.92 Å². The number of benzene rings is 1. The van der Waals surface area contributed by atoms with E-state index in [1.54, 1.807) is 0 Å². The normalized spacial score (nSPS) is 14.8. The average molecular weight is 364 g/mol. The van der Waals surface area contributed by atoms with E-state index < -0.39 is 0 Å². The van der Waals surface area contributed by atoms with Crippen molar-refractivity contribution in [1.29, 1.82) is 0 Å². The molecule has 4 rings (SSSR count). The van der Waals surface area contributed by atoms with Crippen molar-refractivity contribution in [2.45, 2.75) is 25.2 Å². The molecule has 0 aliphatic heterocycles. The summed E-state index contributed by atoms with van der Waals surface area (Å²) < 4.78 is 0.833. The van der Waals surface area contributed by atoms with Crippen LogP contribution in [0.25, 0.3) is 11.0 Å². The number of imidazole rings is 1. The quantitative estimate of drug-likeness (QED) is 0.708. The molecule has 1 aliphatic carbocycles. The van der Waals surface area contributed by atoms with Crippen molar-refractivity contribution in [3.05, 3.63) is 51.2 Å². The highest BCUT2D eigenvalue weighted by molar-refractivity contribution is 9.10. The summed E-state index contributed by atoms with van der Waals surface area (Å²) >= 11 is 9.70. The van der Waals surface area contributed by atoms with E-state index in [1.807, 2.05) is 24.3 Å². The molecule has 0 bridgehead atoms. The predicted molar refractivity (Wildman–Crippen MR) is 85.6 cm³/mol. The molecule has 3 aromatic rings. The number of aromatic nitrogens is 4. The molecule has 0 atom stereocenters. The maximum absolute atomic E-state index is 6.21. The minimum Gasteiger partial charge on any atom is -0.342 e. The molecule has 1 N–H and O–H groups in total. The molecule has 21 heavy (non-hydrogen) atoms. The van der Waals surface area contributed by atoms with Crippen LogP contribution >= 0.6 is 27.5 Å². The minimum absolute atomic E-state index is 0.484. The second kappa shape index (κ2) is 5.07. The number of para-hydroxylation sites is 2. The molecular weight excluding hydrogens is 352 g/mol. The summed E-state index contributed by atoms with van der Waals surface area (Å²) in [6, 6.07) is 7.96. The number of fused-ring (bicyclic) bond motifs is 1. The van der Waals surface area contributed by atoms with Gasteiger partial charge in [-0.15, -0.1) is 0 Å². The van der Waals surface area contributed by atoms with Gasteiger partial charge in [0.15, 0.2) is 0 Å². The summed E-state index contributed by atoms with van der Waals surface area (Å²) in [5.41, 5.74) is 3.01.